The highest BCUT2D eigenvalue weighted by Crippen LogP contribution is 2.31. The van der Waals surface area contributed by atoms with Crippen molar-refractivity contribution in [2.24, 2.45) is 0 Å². The third-order valence-electron chi connectivity index (χ3n) is 3.66. The third kappa shape index (κ3) is 2.56. The second-order valence-corrected chi connectivity index (χ2v) is 5.13. The molecule has 0 unspecified atom stereocenters. The monoisotopic (exact) mass is 310 g/mol. The molecular weight excluding hydrogens is 297 g/mol. The second kappa shape index (κ2) is 5.11. The van der Waals surface area contributed by atoms with Gasteiger partial charge >= 0.3 is 6.18 Å². The van der Waals surface area contributed by atoms with E-state index in [4.69, 9.17) is 0 Å². The van der Waals surface area contributed by atoms with Crippen LogP contribution in [0.2, 0.25) is 0 Å². The lowest BCUT2D eigenvalue weighted by Gasteiger charge is -2.25. The highest BCUT2D eigenvalue weighted by molar-refractivity contribution is 5.74. The van der Waals surface area contributed by atoms with Crippen LogP contribution >= 0.6 is 0 Å². The third-order valence-corrected chi connectivity index (χ3v) is 3.66. The molecule has 0 spiro atoms. The van der Waals surface area contributed by atoms with E-state index in [1.165, 1.54) is 19.1 Å². The minimum absolute atomic E-state index is 0.0743. The van der Waals surface area contributed by atoms with Crippen molar-refractivity contribution in [3.05, 3.63) is 35.2 Å². The van der Waals surface area contributed by atoms with Gasteiger partial charge in [0, 0.05) is 37.7 Å². The number of halogens is 3. The van der Waals surface area contributed by atoms with Gasteiger partial charge in [0.1, 0.15) is 11.4 Å². The first-order chi connectivity index (χ1) is 10.4. The van der Waals surface area contributed by atoms with Gasteiger partial charge in [-0.3, -0.25) is 9.89 Å². The van der Waals surface area contributed by atoms with Crippen molar-refractivity contribution in [3.8, 4) is 11.4 Å². The van der Waals surface area contributed by atoms with Gasteiger partial charge in [-0.2, -0.15) is 18.3 Å². The van der Waals surface area contributed by atoms with Gasteiger partial charge in [-0.05, 0) is 12.1 Å². The van der Waals surface area contributed by atoms with Crippen LogP contribution in [0, 0.1) is 0 Å². The Bertz CT molecular complexity index is 723. The molecule has 22 heavy (non-hydrogen) atoms. The zero-order valence-electron chi connectivity index (χ0n) is 11.7. The van der Waals surface area contributed by atoms with Crippen molar-refractivity contribution < 1.29 is 18.0 Å². The smallest absolute Gasteiger partial charge is 0.338 e. The molecule has 1 aliphatic heterocycles. The summed E-state index contributed by atoms with van der Waals surface area (Å²) in [6.45, 7) is 2.36. The van der Waals surface area contributed by atoms with Gasteiger partial charge in [0.15, 0.2) is 0 Å². The number of carbonyl (C=O) groups excluding carboxylic acids is 1. The number of aromatic amines is 1. The molecule has 2 aromatic heterocycles. The molecule has 0 bridgehead atoms. The maximum absolute atomic E-state index is 12.8. The molecule has 3 heterocycles. The Hall–Kier alpha value is -2.38. The highest BCUT2D eigenvalue weighted by Gasteiger charge is 2.33. The predicted octanol–water partition coefficient (Wildman–Crippen LogP) is 2.40. The van der Waals surface area contributed by atoms with Crippen molar-refractivity contribution >= 4 is 5.91 Å². The zero-order valence-corrected chi connectivity index (χ0v) is 11.7. The molecule has 0 atom stereocenters. The van der Waals surface area contributed by atoms with E-state index in [-0.39, 0.29) is 11.6 Å². The number of nitrogens with zero attached hydrogens (tertiary/aromatic N) is 3. The molecular formula is C14H13F3N4O. The van der Waals surface area contributed by atoms with E-state index in [1.54, 1.807) is 4.90 Å². The molecule has 0 radical (unpaired) electrons. The minimum atomic E-state index is -4.50. The Morgan fingerprint density at radius 3 is 2.82 bits per heavy atom. The highest BCUT2D eigenvalue weighted by atomic mass is 19.4. The summed E-state index contributed by atoms with van der Waals surface area (Å²) in [7, 11) is 0. The largest absolute Gasteiger partial charge is 0.433 e. The molecule has 1 aliphatic rings. The number of carbonyl (C=O) groups is 1. The molecule has 2 aromatic rings. The van der Waals surface area contributed by atoms with Crippen LogP contribution in [0.3, 0.4) is 0 Å². The average molecular weight is 310 g/mol. The minimum Gasteiger partial charge on any atom is -0.338 e. The van der Waals surface area contributed by atoms with Crippen LogP contribution in [0.1, 0.15) is 23.9 Å². The number of hydrogen-bond donors (Lipinski definition) is 1. The Balaban J connectivity index is 2.01. The summed E-state index contributed by atoms with van der Waals surface area (Å²) in [6.07, 6.45) is -3.90. The summed E-state index contributed by atoms with van der Waals surface area (Å²) in [4.78, 5) is 16.8. The van der Waals surface area contributed by atoms with Gasteiger partial charge in [0.25, 0.3) is 0 Å². The number of alkyl halides is 3. The molecule has 0 aliphatic carbocycles. The lowest BCUT2D eigenvalue weighted by atomic mass is 10.0. The Kier molecular flexibility index (Phi) is 3.38. The lowest BCUT2D eigenvalue weighted by Crippen LogP contribution is -2.34. The SMILES string of the molecule is CC(=O)N1CCc2[nH]nc(-c3cccc(C(F)(F)F)n3)c2C1. The molecule has 116 valence electrons. The first kappa shape index (κ1) is 14.6. The van der Waals surface area contributed by atoms with E-state index in [0.717, 1.165) is 17.3 Å². The van der Waals surface area contributed by atoms with Crippen molar-refractivity contribution in [3.63, 3.8) is 0 Å². The lowest BCUT2D eigenvalue weighted by molar-refractivity contribution is -0.141. The maximum Gasteiger partial charge on any atom is 0.433 e. The van der Waals surface area contributed by atoms with Gasteiger partial charge in [-0.25, -0.2) is 4.98 Å². The molecule has 8 heteroatoms. The number of fused-ring (bicyclic) bond motifs is 1. The maximum atomic E-state index is 12.8. The van der Waals surface area contributed by atoms with Crippen LogP contribution < -0.4 is 0 Å². The van der Waals surface area contributed by atoms with E-state index in [1.807, 2.05) is 0 Å². The van der Waals surface area contributed by atoms with Gasteiger partial charge in [0.2, 0.25) is 5.91 Å². The first-order valence-corrected chi connectivity index (χ1v) is 6.72. The van der Waals surface area contributed by atoms with Gasteiger partial charge < -0.3 is 4.90 Å². The van der Waals surface area contributed by atoms with Crippen molar-refractivity contribution in [2.75, 3.05) is 6.54 Å². The molecule has 1 amide bonds. The number of aromatic nitrogens is 3. The van der Waals surface area contributed by atoms with Crippen molar-refractivity contribution in [2.45, 2.75) is 26.1 Å². The van der Waals surface area contributed by atoms with Crippen LogP contribution in [-0.4, -0.2) is 32.5 Å². The Morgan fingerprint density at radius 2 is 2.14 bits per heavy atom. The van der Waals surface area contributed by atoms with Crippen molar-refractivity contribution in [1.82, 2.24) is 20.1 Å². The van der Waals surface area contributed by atoms with Crippen LogP contribution in [0.5, 0.6) is 0 Å². The number of pyridine rings is 1. The fraction of sp³-hybridized carbons (Fsp3) is 0.357. The topological polar surface area (TPSA) is 61.9 Å². The van der Waals surface area contributed by atoms with Crippen LogP contribution in [0.15, 0.2) is 18.2 Å². The molecule has 0 fully saturated rings. The summed E-state index contributed by atoms with van der Waals surface area (Å²) in [5.41, 5.74) is 1.13. The van der Waals surface area contributed by atoms with Gasteiger partial charge in [-0.1, -0.05) is 6.07 Å². The van der Waals surface area contributed by atoms with Crippen LogP contribution in [0.4, 0.5) is 13.2 Å². The fourth-order valence-electron chi connectivity index (χ4n) is 2.50. The number of nitrogens with one attached hydrogen (secondary N) is 1. The summed E-state index contributed by atoms with van der Waals surface area (Å²) in [5, 5.41) is 6.93. The second-order valence-electron chi connectivity index (χ2n) is 5.13. The van der Waals surface area contributed by atoms with E-state index < -0.39 is 11.9 Å². The average Bonchev–Trinajstić information content (AvgIpc) is 2.89. The van der Waals surface area contributed by atoms with Crippen LogP contribution in [-0.2, 0) is 23.9 Å². The van der Waals surface area contributed by atoms with Gasteiger partial charge in [-0.15, -0.1) is 0 Å². The van der Waals surface area contributed by atoms with E-state index in [0.29, 0.717) is 25.2 Å². The normalized spacial score (nSPS) is 14.8. The number of amides is 1. The molecule has 0 aromatic carbocycles. The predicted molar refractivity (Wildman–Crippen MR) is 71.6 cm³/mol. The van der Waals surface area contributed by atoms with E-state index >= 15 is 0 Å². The Morgan fingerprint density at radius 1 is 1.36 bits per heavy atom. The van der Waals surface area contributed by atoms with E-state index in [9.17, 15) is 18.0 Å². The number of H-pyrrole nitrogens is 1. The summed E-state index contributed by atoms with van der Waals surface area (Å²) in [6, 6.07) is 3.71. The number of hydrogen-bond acceptors (Lipinski definition) is 3. The fourth-order valence-corrected chi connectivity index (χ4v) is 2.50. The summed E-state index contributed by atoms with van der Waals surface area (Å²) >= 11 is 0. The summed E-state index contributed by atoms with van der Waals surface area (Å²) in [5.74, 6) is -0.0743. The van der Waals surface area contributed by atoms with Crippen molar-refractivity contribution in [1.29, 1.82) is 0 Å². The number of rotatable bonds is 1. The quantitative estimate of drug-likeness (QED) is 0.880. The molecule has 0 saturated heterocycles. The standard InChI is InChI=1S/C14H13F3N4O/c1-8(22)21-6-5-10-9(7-21)13(20-19-10)11-3-2-4-12(18-11)14(15,16)17/h2-4H,5-7H2,1H3,(H,19,20). The first-order valence-electron chi connectivity index (χ1n) is 6.72. The van der Waals surface area contributed by atoms with Gasteiger partial charge in [0.05, 0.1) is 5.69 Å². The molecule has 1 N–H and O–H groups in total. The van der Waals surface area contributed by atoms with E-state index in [2.05, 4.69) is 15.2 Å². The summed E-state index contributed by atoms with van der Waals surface area (Å²) < 4.78 is 38.3. The molecule has 0 saturated carbocycles. The molecule has 5 nitrogen and oxygen atoms in total. The molecule has 3 rings (SSSR count). The zero-order chi connectivity index (χ0) is 15.9. The van der Waals surface area contributed by atoms with Crippen LogP contribution in [0.25, 0.3) is 11.4 Å². The Labute approximate surface area is 124 Å².